The van der Waals surface area contributed by atoms with E-state index in [9.17, 15) is 22.8 Å². The molecule has 1 aliphatic rings. The van der Waals surface area contributed by atoms with Gasteiger partial charge in [-0.2, -0.15) is 18.3 Å². The van der Waals surface area contributed by atoms with Crippen LogP contribution in [0, 0.1) is 0 Å². The van der Waals surface area contributed by atoms with E-state index in [1.54, 1.807) is 5.10 Å². The van der Waals surface area contributed by atoms with Crippen LogP contribution in [0.4, 0.5) is 13.2 Å². The van der Waals surface area contributed by atoms with Crippen molar-refractivity contribution >= 4 is 11.8 Å². The van der Waals surface area contributed by atoms with Crippen molar-refractivity contribution in [2.45, 2.75) is 24.4 Å². The Labute approximate surface area is 92.6 Å². The van der Waals surface area contributed by atoms with Crippen molar-refractivity contribution in [1.29, 1.82) is 0 Å². The molecule has 1 fully saturated rings. The molecular formula is C9H7F3N2O3. The Morgan fingerprint density at radius 3 is 2.47 bits per heavy atom. The van der Waals surface area contributed by atoms with Gasteiger partial charge in [-0.05, 0) is 0 Å². The summed E-state index contributed by atoms with van der Waals surface area (Å²) in [5, 5.41) is 14.0. The molecule has 0 aliphatic heterocycles. The summed E-state index contributed by atoms with van der Waals surface area (Å²) in [5.74, 6) is -1.81. The van der Waals surface area contributed by atoms with Gasteiger partial charge < -0.3 is 5.11 Å². The number of ketones is 1. The number of Topliss-reactive ketones (excluding diaryl/α,β-unsaturated/α-hetero) is 1. The number of H-pyrrole nitrogens is 1. The predicted molar refractivity (Wildman–Crippen MR) is 47.1 cm³/mol. The van der Waals surface area contributed by atoms with Gasteiger partial charge in [0, 0.05) is 18.4 Å². The number of carbonyl (C=O) groups excluding carboxylic acids is 1. The summed E-state index contributed by atoms with van der Waals surface area (Å²) < 4.78 is 37.8. The summed E-state index contributed by atoms with van der Waals surface area (Å²) >= 11 is 0. The SMILES string of the molecule is O=C1CC(C(=O)O)(c2cn[nH]c2C(F)(F)F)C1. The third-order valence-corrected chi connectivity index (χ3v) is 2.85. The van der Waals surface area contributed by atoms with Gasteiger partial charge in [0.15, 0.2) is 0 Å². The van der Waals surface area contributed by atoms with Crippen molar-refractivity contribution in [3.63, 3.8) is 0 Å². The second-order valence-electron chi connectivity index (χ2n) is 3.94. The topological polar surface area (TPSA) is 83.1 Å². The molecule has 8 heteroatoms. The van der Waals surface area contributed by atoms with Crippen LogP contribution in [-0.4, -0.2) is 27.1 Å². The third kappa shape index (κ3) is 1.60. The summed E-state index contributed by atoms with van der Waals surface area (Å²) in [6, 6.07) is 0. The number of carbonyl (C=O) groups is 2. The third-order valence-electron chi connectivity index (χ3n) is 2.85. The van der Waals surface area contributed by atoms with E-state index < -0.39 is 41.7 Å². The number of aromatic amines is 1. The van der Waals surface area contributed by atoms with Gasteiger partial charge in [-0.3, -0.25) is 14.7 Å². The fraction of sp³-hybridized carbons (Fsp3) is 0.444. The largest absolute Gasteiger partial charge is 0.481 e. The van der Waals surface area contributed by atoms with E-state index >= 15 is 0 Å². The van der Waals surface area contributed by atoms with Gasteiger partial charge in [0.05, 0.1) is 6.20 Å². The minimum atomic E-state index is -4.72. The number of aromatic nitrogens is 2. The number of halogens is 3. The van der Waals surface area contributed by atoms with Gasteiger partial charge in [-0.1, -0.05) is 0 Å². The fourth-order valence-corrected chi connectivity index (χ4v) is 1.94. The molecule has 5 nitrogen and oxygen atoms in total. The minimum absolute atomic E-state index is 0.373. The van der Waals surface area contributed by atoms with Crippen LogP contribution in [0.25, 0.3) is 0 Å². The van der Waals surface area contributed by atoms with Gasteiger partial charge in [0.25, 0.3) is 0 Å². The summed E-state index contributed by atoms with van der Waals surface area (Å²) in [6.45, 7) is 0. The molecule has 1 aromatic rings. The molecule has 0 atom stereocenters. The Bertz CT molecular complexity index is 484. The average Bonchev–Trinajstić information content (AvgIpc) is 2.59. The molecule has 1 heterocycles. The van der Waals surface area contributed by atoms with E-state index in [4.69, 9.17) is 5.11 Å². The number of hydrogen-bond donors (Lipinski definition) is 2. The fourth-order valence-electron chi connectivity index (χ4n) is 1.94. The molecule has 1 aromatic heterocycles. The van der Waals surface area contributed by atoms with Crippen molar-refractivity contribution in [2.75, 3.05) is 0 Å². The molecule has 0 spiro atoms. The van der Waals surface area contributed by atoms with E-state index in [0.717, 1.165) is 6.20 Å². The molecule has 0 radical (unpaired) electrons. The van der Waals surface area contributed by atoms with E-state index in [-0.39, 0.29) is 5.78 Å². The molecule has 0 bridgehead atoms. The molecule has 17 heavy (non-hydrogen) atoms. The lowest BCUT2D eigenvalue weighted by Crippen LogP contribution is -2.49. The van der Waals surface area contributed by atoms with Crippen LogP contribution in [0.2, 0.25) is 0 Å². The number of alkyl halides is 3. The molecule has 0 aromatic carbocycles. The van der Waals surface area contributed by atoms with Crippen molar-refractivity contribution in [1.82, 2.24) is 10.2 Å². The molecule has 0 amide bonds. The average molecular weight is 248 g/mol. The van der Waals surface area contributed by atoms with Crippen LogP contribution in [0.15, 0.2) is 6.20 Å². The highest BCUT2D eigenvalue weighted by Gasteiger charge is 2.55. The van der Waals surface area contributed by atoms with Crippen molar-refractivity contribution in [3.05, 3.63) is 17.5 Å². The Morgan fingerprint density at radius 1 is 1.47 bits per heavy atom. The van der Waals surface area contributed by atoms with Crippen LogP contribution < -0.4 is 0 Å². The number of carboxylic acids is 1. The van der Waals surface area contributed by atoms with E-state index in [1.165, 1.54) is 0 Å². The first kappa shape index (κ1) is 11.6. The smallest absolute Gasteiger partial charge is 0.433 e. The lowest BCUT2D eigenvalue weighted by molar-refractivity contribution is -0.155. The maximum Gasteiger partial charge on any atom is 0.433 e. The number of nitrogens with zero attached hydrogens (tertiary/aromatic N) is 1. The lowest BCUT2D eigenvalue weighted by atomic mass is 9.63. The number of nitrogens with one attached hydrogen (secondary N) is 1. The number of carboxylic acid groups (broad SMARTS) is 1. The van der Waals surface area contributed by atoms with Crippen molar-refractivity contribution < 1.29 is 27.9 Å². The Kier molecular flexibility index (Phi) is 2.27. The minimum Gasteiger partial charge on any atom is -0.481 e. The van der Waals surface area contributed by atoms with E-state index in [1.807, 2.05) is 0 Å². The maximum absolute atomic E-state index is 12.6. The van der Waals surface area contributed by atoms with Crippen molar-refractivity contribution in [2.24, 2.45) is 0 Å². The van der Waals surface area contributed by atoms with Gasteiger partial charge >= 0.3 is 12.1 Å². The van der Waals surface area contributed by atoms with Gasteiger partial charge in [-0.25, -0.2) is 0 Å². The van der Waals surface area contributed by atoms with Crippen LogP contribution >= 0.6 is 0 Å². The molecule has 0 unspecified atom stereocenters. The molecule has 1 saturated carbocycles. The summed E-state index contributed by atoms with van der Waals surface area (Å²) in [5.41, 5.74) is -3.46. The maximum atomic E-state index is 12.6. The van der Waals surface area contributed by atoms with Crippen LogP contribution in [-0.2, 0) is 21.2 Å². The second-order valence-corrected chi connectivity index (χ2v) is 3.94. The molecule has 92 valence electrons. The summed E-state index contributed by atoms with van der Waals surface area (Å²) in [4.78, 5) is 22.0. The summed E-state index contributed by atoms with van der Waals surface area (Å²) in [7, 11) is 0. The monoisotopic (exact) mass is 248 g/mol. The van der Waals surface area contributed by atoms with E-state index in [2.05, 4.69) is 5.10 Å². The zero-order valence-corrected chi connectivity index (χ0v) is 8.34. The predicted octanol–water partition coefficient (Wildman–Crippen LogP) is 1.11. The highest BCUT2D eigenvalue weighted by molar-refractivity contribution is 6.01. The molecule has 2 rings (SSSR count). The molecule has 2 N–H and O–H groups in total. The zero-order valence-electron chi connectivity index (χ0n) is 8.34. The van der Waals surface area contributed by atoms with Crippen molar-refractivity contribution in [3.8, 4) is 0 Å². The lowest BCUT2D eigenvalue weighted by Gasteiger charge is -2.36. The van der Waals surface area contributed by atoms with Crippen LogP contribution in [0.3, 0.4) is 0 Å². The first-order chi connectivity index (χ1) is 7.77. The second kappa shape index (κ2) is 3.31. The first-order valence-electron chi connectivity index (χ1n) is 4.63. The Morgan fingerprint density at radius 2 is 2.06 bits per heavy atom. The first-order valence-corrected chi connectivity index (χ1v) is 4.63. The Hall–Kier alpha value is -1.86. The van der Waals surface area contributed by atoms with E-state index in [0.29, 0.717) is 0 Å². The number of hydrogen-bond acceptors (Lipinski definition) is 3. The normalized spacial score (nSPS) is 18.9. The van der Waals surface area contributed by atoms with Gasteiger partial charge in [0.2, 0.25) is 0 Å². The molecular weight excluding hydrogens is 241 g/mol. The van der Waals surface area contributed by atoms with Gasteiger partial charge in [-0.15, -0.1) is 0 Å². The highest BCUT2D eigenvalue weighted by atomic mass is 19.4. The summed E-state index contributed by atoms with van der Waals surface area (Å²) in [6.07, 6.45) is -4.74. The standard InChI is InChI=1S/C9H7F3N2O3/c10-9(11,12)6-5(3-13-14-6)8(7(16)17)1-4(15)2-8/h3H,1-2H2,(H,13,14)(H,16,17). The van der Waals surface area contributed by atoms with Crippen LogP contribution in [0.1, 0.15) is 24.1 Å². The Balaban J connectivity index is 2.50. The number of rotatable bonds is 2. The molecule has 0 saturated heterocycles. The zero-order chi connectivity index (χ0) is 12.8. The van der Waals surface area contributed by atoms with Crippen LogP contribution in [0.5, 0.6) is 0 Å². The number of aliphatic carboxylic acids is 1. The van der Waals surface area contributed by atoms with Gasteiger partial charge in [0.1, 0.15) is 16.9 Å². The highest BCUT2D eigenvalue weighted by Crippen LogP contribution is 2.45. The quantitative estimate of drug-likeness (QED) is 0.821. The molecule has 1 aliphatic carbocycles.